The molecule has 1 N–H and O–H groups in total. The SMILES string of the molecule is OC[C@@H]1CC[C@H]2O[C@H]2C1. The highest BCUT2D eigenvalue weighted by Crippen LogP contribution is 2.38. The molecule has 0 radical (unpaired) electrons. The zero-order valence-electron chi connectivity index (χ0n) is 5.42. The van der Waals surface area contributed by atoms with E-state index in [2.05, 4.69) is 0 Å². The van der Waals surface area contributed by atoms with Gasteiger partial charge in [0.05, 0.1) is 12.2 Å². The Bertz CT molecular complexity index is 113. The molecule has 1 saturated heterocycles. The molecule has 1 saturated carbocycles. The maximum absolute atomic E-state index is 8.77. The molecular formula is C7H12O2. The second kappa shape index (κ2) is 1.96. The van der Waals surface area contributed by atoms with Crippen LogP contribution in [0.3, 0.4) is 0 Å². The van der Waals surface area contributed by atoms with Gasteiger partial charge in [-0.2, -0.15) is 0 Å². The van der Waals surface area contributed by atoms with Gasteiger partial charge in [0.2, 0.25) is 0 Å². The number of hydrogen-bond acceptors (Lipinski definition) is 2. The number of hydrogen-bond donors (Lipinski definition) is 1. The third kappa shape index (κ3) is 0.970. The van der Waals surface area contributed by atoms with Crippen LogP contribution in [0, 0.1) is 5.92 Å². The van der Waals surface area contributed by atoms with Crippen LogP contribution < -0.4 is 0 Å². The normalized spacial score (nSPS) is 48.3. The van der Waals surface area contributed by atoms with Crippen molar-refractivity contribution in [3.63, 3.8) is 0 Å². The molecule has 2 nitrogen and oxygen atoms in total. The third-order valence-electron chi connectivity index (χ3n) is 2.37. The molecule has 1 aliphatic carbocycles. The summed E-state index contributed by atoms with van der Waals surface area (Å²) in [5, 5.41) is 8.77. The van der Waals surface area contributed by atoms with Crippen molar-refractivity contribution in [3.8, 4) is 0 Å². The van der Waals surface area contributed by atoms with Gasteiger partial charge in [-0.15, -0.1) is 0 Å². The van der Waals surface area contributed by atoms with E-state index in [-0.39, 0.29) is 0 Å². The van der Waals surface area contributed by atoms with E-state index in [0.29, 0.717) is 24.7 Å². The van der Waals surface area contributed by atoms with Gasteiger partial charge in [-0.25, -0.2) is 0 Å². The van der Waals surface area contributed by atoms with E-state index in [1.165, 1.54) is 6.42 Å². The van der Waals surface area contributed by atoms with E-state index >= 15 is 0 Å². The van der Waals surface area contributed by atoms with Crippen molar-refractivity contribution >= 4 is 0 Å². The standard InChI is InChI=1S/C7H12O2/c8-4-5-1-2-6-7(3-5)9-6/h5-8H,1-4H2/t5-,6-,7+/m1/s1. The second-order valence-corrected chi connectivity index (χ2v) is 3.07. The van der Waals surface area contributed by atoms with Crippen molar-refractivity contribution in [3.05, 3.63) is 0 Å². The van der Waals surface area contributed by atoms with E-state index < -0.39 is 0 Å². The predicted octanol–water partition coefficient (Wildman–Crippen LogP) is 0.546. The Labute approximate surface area is 54.8 Å². The number of aliphatic hydroxyl groups excluding tert-OH is 1. The molecule has 2 fully saturated rings. The average molecular weight is 128 g/mol. The molecule has 0 aromatic heterocycles. The van der Waals surface area contributed by atoms with E-state index in [1.807, 2.05) is 0 Å². The Morgan fingerprint density at radius 1 is 1.33 bits per heavy atom. The lowest BCUT2D eigenvalue weighted by molar-refractivity contribution is 0.197. The fraction of sp³-hybridized carbons (Fsp3) is 1.00. The van der Waals surface area contributed by atoms with Crippen LogP contribution in [0.1, 0.15) is 19.3 Å². The fourth-order valence-electron chi connectivity index (χ4n) is 1.65. The summed E-state index contributed by atoms with van der Waals surface area (Å²) in [6, 6.07) is 0. The van der Waals surface area contributed by atoms with E-state index in [0.717, 1.165) is 12.8 Å². The van der Waals surface area contributed by atoms with Crippen LogP contribution in [0.5, 0.6) is 0 Å². The lowest BCUT2D eigenvalue weighted by atomic mass is 9.90. The van der Waals surface area contributed by atoms with Crippen LogP contribution in [0.2, 0.25) is 0 Å². The number of fused-ring (bicyclic) bond motifs is 1. The van der Waals surface area contributed by atoms with E-state index in [4.69, 9.17) is 9.84 Å². The highest BCUT2D eigenvalue weighted by molar-refractivity contribution is 4.91. The average Bonchev–Trinajstić information content (AvgIpc) is 2.64. The van der Waals surface area contributed by atoms with Crippen LogP contribution in [0.15, 0.2) is 0 Å². The van der Waals surface area contributed by atoms with Gasteiger partial charge in [0.1, 0.15) is 0 Å². The van der Waals surface area contributed by atoms with Crippen LogP contribution in [0.4, 0.5) is 0 Å². The van der Waals surface area contributed by atoms with Crippen LogP contribution in [-0.2, 0) is 4.74 Å². The molecule has 0 unspecified atom stereocenters. The largest absolute Gasteiger partial charge is 0.396 e. The molecule has 2 rings (SSSR count). The number of ether oxygens (including phenoxy) is 1. The first-order valence-electron chi connectivity index (χ1n) is 3.66. The summed E-state index contributed by atoms with van der Waals surface area (Å²) >= 11 is 0. The maximum atomic E-state index is 8.77. The molecule has 0 aromatic rings. The molecule has 0 aromatic carbocycles. The minimum atomic E-state index is 0.354. The summed E-state index contributed by atoms with van der Waals surface area (Å²) in [7, 11) is 0. The first-order valence-corrected chi connectivity index (χ1v) is 3.66. The molecule has 9 heavy (non-hydrogen) atoms. The second-order valence-electron chi connectivity index (χ2n) is 3.07. The van der Waals surface area contributed by atoms with Gasteiger partial charge in [0, 0.05) is 6.61 Å². The monoisotopic (exact) mass is 128 g/mol. The zero-order valence-corrected chi connectivity index (χ0v) is 5.42. The van der Waals surface area contributed by atoms with Gasteiger partial charge in [-0.05, 0) is 25.2 Å². The molecule has 0 bridgehead atoms. The van der Waals surface area contributed by atoms with Gasteiger partial charge in [0.25, 0.3) is 0 Å². The molecule has 1 heterocycles. The third-order valence-corrected chi connectivity index (χ3v) is 2.37. The lowest BCUT2D eigenvalue weighted by Gasteiger charge is -2.14. The van der Waals surface area contributed by atoms with Crippen molar-refractivity contribution < 1.29 is 9.84 Å². The van der Waals surface area contributed by atoms with Gasteiger partial charge < -0.3 is 9.84 Å². The minimum absolute atomic E-state index is 0.354. The summed E-state index contributed by atoms with van der Waals surface area (Å²) in [6.45, 7) is 0.354. The topological polar surface area (TPSA) is 32.8 Å². The molecule has 52 valence electrons. The summed E-state index contributed by atoms with van der Waals surface area (Å²) < 4.78 is 5.30. The Morgan fingerprint density at radius 2 is 2.22 bits per heavy atom. The van der Waals surface area contributed by atoms with Crippen LogP contribution >= 0.6 is 0 Å². The number of rotatable bonds is 1. The molecule has 0 spiro atoms. The highest BCUT2D eigenvalue weighted by atomic mass is 16.6. The molecule has 1 aliphatic heterocycles. The van der Waals surface area contributed by atoms with Gasteiger partial charge >= 0.3 is 0 Å². The fourth-order valence-corrected chi connectivity index (χ4v) is 1.65. The smallest absolute Gasteiger partial charge is 0.0845 e. The van der Waals surface area contributed by atoms with Gasteiger partial charge in [0.15, 0.2) is 0 Å². The summed E-state index contributed by atoms with van der Waals surface area (Å²) in [5.41, 5.74) is 0. The van der Waals surface area contributed by atoms with Crippen molar-refractivity contribution in [1.82, 2.24) is 0 Å². The summed E-state index contributed by atoms with van der Waals surface area (Å²) in [4.78, 5) is 0. The Balaban J connectivity index is 1.86. The summed E-state index contributed by atoms with van der Waals surface area (Å²) in [6.07, 6.45) is 4.54. The van der Waals surface area contributed by atoms with Crippen molar-refractivity contribution in [1.29, 1.82) is 0 Å². The molecule has 2 aliphatic rings. The van der Waals surface area contributed by atoms with E-state index in [1.54, 1.807) is 0 Å². The lowest BCUT2D eigenvalue weighted by Crippen LogP contribution is -2.16. The van der Waals surface area contributed by atoms with Crippen molar-refractivity contribution in [2.45, 2.75) is 31.5 Å². The Hall–Kier alpha value is -0.0800. The van der Waals surface area contributed by atoms with Crippen LogP contribution in [0.25, 0.3) is 0 Å². The van der Waals surface area contributed by atoms with Gasteiger partial charge in [-0.3, -0.25) is 0 Å². The van der Waals surface area contributed by atoms with E-state index in [9.17, 15) is 0 Å². The van der Waals surface area contributed by atoms with Crippen molar-refractivity contribution in [2.75, 3.05) is 6.61 Å². The minimum Gasteiger partial charge on any atom is -0.396 e. The molecule has 0 amide bonds. The number of aliphatic hydroxyl groups is 1. The first kappa shape index (κ1) is 5.69. The Kier molecular flexibility index (Phi) is 1.24. The van der Waals surface area contributed by atoms with Crippen LogP contribution in [-0.4, -0.2) is 23.9 Å². The van der Waals surface area contributed by atoms with Gasteiger partial charge in [-0.1, -0.05) is 0 Å². The Morgan fingerprint density at radius 3 is 2.89 bits per heavy atom. The number of epoxide rings is 1. The highest BCUT2D eigenvalue weighted by Gasteiger charge is 2.43. The predicted molar refractivity (Wildman–Crippen MR) is 33.1 cm³/mol. The maximum Gasteiger partial charge on any atom is 0.0845 e. The summed E-state index contributed by atoms with van der Waals surface area (Å²) in [5.74, 6) is 0.536. The quantitative estimate of drug-likeness (QED) is 0.523. The molecule has 3 atom stereocenters. The first-order chi connectivity index (χ1) is 4.40. The molecule has 2 heteroatoms. The molecular weight excluding hydrogens is 116 g/mol. The zero-order chi connectivity index (χ0) is 6.27. The van der Waals surface area contributed by atoms with Crippen molar-refractivity contribution in [2.24, 2.45) is 5.92 Å².